The van der Waals surface area contributed by atoms with E-state index in [4.69, 9.17) is 26.8 Å². The number of ether oxygens (including phenoxy) is 2. The lowest BCUT2D eigenvalue weighted by molar-refractivity contribution is -0.130. The third-order valence-corrected chi connectivity index (χ3v) is 7.21. The summed E-state index contributed by atoms with van der Waals surface area (Å²) in [6.45, 7) is 0.922. The molecular weight excluding hydrogens is 473 g/mol. The van der Waals surface area contributed by atoms with Crippen molar-refractivity contribution in [1.82, 2.24) is 14.9 Å². The molecule has 0 spiro atoms. The number of nitrogens with two attached hydrogens (primary N) is 1. The standard InChI is InChI=1S/C25H27ClFN5O3/c1-34-21-12-19-16(25(30-13-29-19)31-18-4-2-3-17(26)23(18)27)11-22(21)35-15-7-5-14(6-8-15)32-10-9-20(32)24(28)33/h2-4,11-15,20H,5-10H2,1H3,(H2,28,33)(H,29,30,31)/t14-,15+,20-/m0/s1. The van der Waals surface area contributed by atoms with Gasteiger partial charge < -0.3 is 20.5 Å². The van der Waals surface area contributed by atoms with E-state index in [1.807, 2.05) is 6.07 Å². The summed E-state index contributed by atoms with van der Waals surface area (Å²) >= 11 is 5.93. The summed E-state index contributed by atoms with van der Waals surface area (Å²) in [5, 5.41) is 3.71. The molecule has 1 aromatic heterocycles. The maximum Gasteiger partial charge on any atom is 0.234 e. The Hall–Kier alpha value is -3.17. The van der Waals surface area contributed by atoms with Crippen molar-refractivity contribution in [2.75, 3.05) is 19.0 Å². The molecule has 1 amide bonds. The highest BCUT2D eigenvalue weighted by atomic mass is 35.5. The number of anilines is 2. The van der Waals surface area contributed by atoms with Crippen molar-refractivity contribution in [2.45, 2.75) is 50.3 Å². The van der Waals surface area contributed by atoms with Crippen molar-refractivity contribution in [3.8, 4) is 11.5 Å². The molecule has 35 heavy (non-hydrogen) atoms. The molecule has 184 valence electrons. The molecule has 0 radical (unpaired) electrons. The molecule has 10 heteroatoms. The molecule has 3 N–H and O–H groups in total. The first kappa shape index (κ1) is 23.6. The average molecular weight is 500 g/mol. The van der Waals surface area contributed by atoms with Crippen molar-refractivity contribution < 1.29 is 18.7 Å². The van der Waals surface area contributed by atoms with E-state index in [0.717, 1.165) is 38.6 Å². The predicted octanol–water partition coefficient (Wildman–Crippen LogP) is 4.42. The zero-order valence-corrected chi connectivity index (χ0v) is 20.1. The molecule has 5 rings (SSSR count). The Balaban J connectivity index is 1.35. The number of hydrogen-bond acceptors (Lipinski definition) is 7. The van der Waals surface area contributed by atoms with Crippen LogP contribution in [0.5, 0.6) is 11.5 Å². The summed E-state index contributed by atoms with van der Waals surface area (Å²) in [5.41, 5.74) is 6.37. The number of nitrogens with zero attached hydrogens (tertiary/aromatic N) is 3. The second kappa shape index (κ2) is 9.83. The first-order valence-corrected chi connectivity index (χ1v) is 12.1. The van der Waals surface area contributed by atoms with Gasteiger partial charge in [-0.3, -0.25) is 9.69 Å². The van der Waals surface area contributed by atoms with Gasteiger partial charge in [0.15, 0.2) is 17.3 Å². The van der Waals surface area contributed by atoms with E-state index in [9.17, 15) is 9.18 Å². The number of methoxy groups -OCH3 is 1. The molecule has 0 bridgehead atoms. The Bertz CT molecular complexity index is 1250. The minimum absolute atomic E-state index is 0.0114. The topological polar surface area (TPSA) is 103 Å². The Morgan fingerprint density at radius 3 is 2.66 bits per heavy atom. The molecule has 1 saturated heterocycles. The van der Waals surface area contributed by atoms with E-state index >= 15 is 0 Å². The van der Waals surface area contributed by atoms with Crippen molar-refractivity contribution >= 4 is 39.9 Å². The van der Waals surface area contributed by atoms with Crippen LogP contribution in [0.25, 0.3) is 10.9 Å². The molecule has 3 aromatic rings. The van der Waals surface area contributed by atoms with Crippen molar-refractivity contribution in [1.29, 1.82) is 0 Å². The maximum absolute atomic E-state index is 14.5. The molecule has 1 aliphatic carbocycles. The normalized spacial score (nSPS) is 22.4. The third-order valence-electron chi connectivity index (χ3n) is 6.92. The van der Waals surface area contributed by atoms with Gasteiger partial charge in [-0.05, 0) is 50.3 Å². The molecule has 8 nitrogen and oxygen atoms in total. The molecule has 2 fully saturated rings. The van der Waals surface area contributed by atoms with Crippen LogP contribution >= 0.6 is 11.6 Å². The van der Waals surface area contributed by atoms with Crippen LogP contribution in [0.4, 0.5) is 15.9 Å². The fraction of sp³-hybridized carbons (Fsp3) is 0.400. The maximum atomic E-state index is 14.5. The van der Waals surface area contributed by atoms with E-state index in [-0.39, 0.29) is 28.8 Å². The van der Waals surface area contributed by atoms with Crippen LogP contribution < -0.4 is 20.5 Å². The summed E-state index contributed by atoms with van der Waals surface area (Å²) in [6, 6.07) is 8.58. The molecule has 2 aromatic carbocycles. The lowest BCUT2D eigenvalue weighted by atomic mass is 9.87. The Kier molecular flexibility index (Phi) is 6.62. The summed E-state index contributed by atoms with van der Waals surface area (Å²) in [6.07, 6.45) is 5.86. The van der Waals surface area contributed by atoms with Gasteiger partial charge in [0.05, 0.1) is 35.5 Å². The Labute approximate surface area is 207 Å². The van der Waals surface area contributed by atoms with Gasteiger partial charge in [0.1, 0.15) is 12.1 Å². The van der Waals surface area contributed by atoms with E-state index in [1.165, 1.54) is 12.4 Å². The summed E-state index contributed by atoms with van der Waals surface area (Å²) < 4.78 is 26.4. The fourth-order valence-corrected chi connectivity index (χ4v) is 5.14. The monoisotopic (exact) mass is 499 g/mol. The number of hydrogen-bond donors (Lipinski definition) is 2. The number of rotatable bonds is 7. The number of aromatic nitrogens is 2. The number of likely N-dealkylation sites (tertiary alicyclic amines) is 1. The zero-order valence-electron chi connectivity index (χ0n) is 19.3. The van der Waals surface area contributed by atoms with Crippen molar-refractivity contribution in [3.05, 3.63) is 47.5 Å². The Morgan fingerprint density at radius 1 is 1.17 bits per heavy atom. The van der Waals surface area contributed by atoms with Crippen molar-refractivity contribution in [2.24, 2.45) is 5.73 Å². The summed E-state index contributed by atoms with van der Waals surface area (Å²) in [7, 11) is 1.58. The number of fused-ring (bicyclic) bond motifs is 1. The highest BCUT2D eigenvalue weighted by molar-refractivity contribution is 6.31. The number of carbonyl (C=O) groups excluding carboxylic acids is 1. The van der Waals surface area contributed by atoms with Gasteiger partial charge in [-0.25, -0.2) is 14.4 Å². The molecule has 2 heterocycles. The molecule has 1 aliphatic heterocycles. The average Bonchev–Trinajstić information content (AvgIpc) is 2.82. The van der Waals surface area contributed by atoms with Crippen LogP contribution in [-0.2, 0) is 4.79 Å². The number of halogens is 2. The van der Waals surface area contributed by atoms with Crippen molar-refractivity contribution in [3.63, 3.8) is 0 Å². The van der Waals surface area contributed by atoms with E-state index in [0.29, 0.717) is 34.3 Å². The van der Waals surface area contributed by atoms with E-state index < -0.39 is 5.82 Å². The van der Waals surface area contributed by atoms with Gasteiger partial charge in [-0.1, -0.05) is 17.7 Å². The van der Waals surface area contributed by atoms with Crippen LogP contribution in [0.3, 0.4) is 0 Å². The molecule has 0 unspecified atom stereocenters. The second-order valence-corrected chi connectivity index (χ2v) is 9.37. The zero-order chi connectivity index (χ0) is 24.5. The number of amides is 1. The van der Waals surface area contributed by atoms with Crippen LogP contribution in [0, 0.1) is 5.82 Å². The highest BCUT2D eigenvalue weighted by Crippen LogP contribution is 2.38. The van der Waals surface area contributed by atoms with Crippen LogP contribution in [0.1, 0.15) is 32.1 Å². The first-order chi connectivity index (χ1) is 16.9. The molecule has 1 atom stereocenters. The van der Waals surface area contributed by atoms with Gasteiger partial charge in [-0.2, -0.15) is 0 Å². The molecule has 2 aliphatic rings. The number of primary amides is 1. The number of nitrogens with one attached hydrogen (secondary N) is 1. The lowest BCUT2D eigenvalue weighted by Crippen LogP contribution is -2.59. The van der Waals surface area contributed by atoms with Gasteiger partial charge in [0, 0.05) is 24.0 Å². The van der Waals surface area contributed by atoms with E-state index in [2.05, 4.69) is 20.2 Å². The largest absolute Gasteiger partial charge is 0.493 e. The number of carbonyl (C=O) groups is 1. The molecular formula is C25H27ClFN5O3. The lowest BCUT2D eigenvalue weighted by Gasteiger charge is -2.46. The minimum atomic E-state index is -0.552. The smallest absolute Gasteiger partial charge is 0.234 e. The second-order valence-electron chi connectivity index (χ2n) is 8.96. The summed E-state index contributed by atoms with van der Waals surface area (Å²) in [4.78, 5) is 22.5. The van der Waals surface area contributed by atoms with Gasteiger partial charge >= 0.3 is 0 Å². The SMILES string of the molecule is COc1cc2ncnc(Nc3cccc(Cl)c3F)c2cc1O[C@H]1CC[C@@H](N2CC[C@H]2C(N)=O)CC1. The predicted molar refractivity (Wildman–Crippen MR) is 132 cm³/mol. The minimum Gasteiger partial charge on any atom is -0.493 e. The van der Waals surface area contributed by atoms with Crippen LogP contribution in [0.2, 0.25) is 5.02 Å². The Morgan fingerprint density at radius 2 is 1.97 bits per heavy atom. The third kappa shape index (κ3) is 4.70. The first-order valence-electron chi connectivity index (χ1n) is 11.7. The van der Waals surface area contributed by atoms with Crippen LogP contribution in [-0.4, -0.2) is 52.6 Å². The molecule has 1 saturated carbocycles. The van der Waals surface area contributed by atoms with Crippen LogP contribution in [0.15, 0.2) is 36.7 Å². The van der Waals surface area contributed by atoms with Gasteiger partial charge in [0.25, 0.3) is 0 Å². The van der Waals surface area contributed by atoms with Gasteiger partial charge in [0.2, 0.25) is 5.91 Å². The fourth-order valence-electron chi connectivity index (χ4n) is 4.97. The summed E-state index contributed by atoms with van der Waals surface area (Å²) in [5.74, 6) is 0.785. The highest BCUT2D eigenvalue weighted by Gasteiger charge is 2.39. The number of benzene rings is 2. The quantitative estimate of drug-likeness (QED) is 0.496. The van der Waals surface area contributed by atoms with Gasteiger partial charge in [-0.15, -0.1) is 0 Å². The van der Waals surface area contributed by atoms with E-state index in [1.54, 1.807) is 25.3 Å².